The van der Waals surface area contributed by atoms with Crippen LogP contribution in [0.4, 0.5) is 0 Å². The molecular formula is C38H68O5. The number of furan rings is 1. The van der Waals surface area contributed by atoms with Crippen LogP contribution in [0.1, 0.15) is 203 Å². The minimum Gasteiger partial charge on any atom is -0.460 e. The molecule has 5 nitrogen and oxygen atoms in total. The highest BCUT2D eigenvalue weighted by molar-refractivity contribution is 5.90. The van der Waals surface area contributed by atoms with Crippen LogP contribution in [0.2, 0.25) is 0 Å². The van der Waals surface area contributed by atoms with E-state index < -0.39 is 11.9 Å². The Kier molecular flexibility index (Phi) is 25.3. The molecular weight excluding hydrogens is 536 g/mol. The molecule has 0 amide bonds. The molecule has 1 aromatic rings. The molecule has 0 spiro atoms. The summed E-state index contributed by atoms with van der Waals surface area (Å²) in [7, 11) is 0. The summed E-state index contributed by atoms with van der Waals surface area (Å²) in [6, 6.07) is 2.99. The van der Waals surface area contributed by atoms with Crippen molar-refractivity contribution in [3.8, 4) is 0 Å². The number of ether oxygens (including phenoxy) is 2. The van der Waals surface area contributed by atoms with Gasteiger partial charge in [0.2, 0.25) is 11.5 Å². The van der Waals surface area contributed by atoms with Gasteiger partial charge in [-0.2, -0.15) is 0 Å². The van der Waals surface area contributed by atoms with Gasteiger partial charge in [0.25, 0.3) is 0 Å². The average molecular weight is 605 g/mol. The van der Waals surface area contributed by atoms with Crippen LogP contribution in [-0.4, -0.2) is 25.2 Å². The Hall–Kier alpha value is -1.78. The quantitative estimate of drug-likeness (QED) is 0.0645. The summed E-state index contributed by atoms with van der Waals surface area (Å²) in [6.07, 6.45) is 30.5. The second-order valence-corrected chi connectivity index (χ2v) is 13.6. The van der Waals surface area contributed by atoms with E-state index in [4.69, 9.17) is 13.9 Å². The molecule has 1 heterocycles. The summed E-state index contributed by atoms with van der Waals surface area (Å²) < 4.78 is 16.1. The first kappa shape index (κ1) is 39.2. The molecule has 0 saturated heterocycles. The Balaban J connectivity index is 1.93. The zero-order valence-electron chi connectivity index (χ0n) is 28.7. The Morgan fingerprint density at radius 3 is 1.00 bits per heavy atom. The zero-order chi connectivity index (χ0) is 31.4. The fourth-order valence-corrected chi connectivity index (χ4v) is 5.52. The molecule has 43 heavy (non-hydrogen) atoms. The summed E-state index contributed by atoms with van der Waals surface area (Å²) in [5.41, 5.74) is 0. The van der Waals surface area contributed by atoms with Gasteiger partial charge in [-0.05, 0) is 36.8 Å². The second-order valence-electron chi connectivity index (χ2n) is 13.6. The predicted molar refractivity (Wildman–Crippen MR) is 180 cm³/mol. The van der Waals surface area contributed by atoms with Crippen LogP contribution in [0.25, 0.3) is 0 Å². The van der Waals surface area contributed by atoms with Gasteiger partial charge >= 0.3 is 11.9 Å². The number of unbranched alkanes of at least 4 members (excludes halogenated alkanes) is 20. The van der Waals surface area contributed by atoms with E-state index in [2.05, 4.69) is 27.7 Å². The van der Waals surface area contributed by atoms with E-state index in [0.29, 0.717) is 13.2 Å². The summed E-state index contributed by atoms with van der Waals surface area (Å²) in [5, 5.41) is 0. The van der Waals surface area contributed by atoms with E-state index in [0.717, 1.165) is 37.5 Å². The van der Waals surface area contributed by atoms with Crippen LogP contribution < -0.4 is 0 Å². The molecule has 0 aliphatic heterocycles. The molecule has 0 aliphatic carbocycles. The molecule has 0 saturated carbocycles. The first-order valence-electron chi connectivity index (χ1n) is 18.3. The van der Waals surface area contributed by atoms with Crippen LogP contribution in [0.15, 0.2) is 16.5 Å². The lowest BCUT2D eigenvalue weighted by Gasteiger charge is -2.05. The smallest absolute Gasteiger partial charge is 0.374 e. The van der Waals surface area contributed by atoms with Crippen molar-refractivity contribution in [2.45, 2.75) is 182 Å². The van der Waals surface area contributed by atoms with Crippen LogP contribution >= 0.6 is 0 Å². The third-order valence-corrected chi connectivity index (χ3v) is 8.33. The molecule has 0 bridgehead atoms. The maximum atomic E-state index is 12.3. The van der Waals surface area contributed by atoms with Crippen molar-refractivity contribution in [2.24, 2.45) is 11.8 Å². The van der Waals surface area contributed by atoms with E-state index in [9.17, 15) is 9.59 Å². The third-order valence-electron chi connectivity index (χ3n) is 8.33. The van der Waals surface area contributed by atoms with E-state index in [1.807, 2.05) is 0 Å². The topological polar surface area (TPSA) is 65.7 Å². The summed E-state index contributed by atoms with van der Waals surface area (Å²) >= 11 is 0. The van der Waals surface area contributed by atoms with E-state index in [1.165, 1.54) is 141 Å². The van der Waals surface area contributed by atoms with Crippen molar-refractivity contribution < 1.29 is 23.5 Å². The minimum absolute atomic E-state index is 0.0618. The molecule has 0 unspecified atom stereocenters. The maximum absolute atomic E-state index is 12.3. The van der Waals surface area contributed by atoms with Gasteiger partial charge in [-0.15, -0.1) is 0 Å². The fraction of sp³-hybridized carbons (Fsp3) is 0.842. The van der Waals surface area contributed by atoms with Gasteiger partial charge in [-0.25, -0.2) is 9.59 Å². The van der Waals surface area contributed by atoms with Crippen LogP contribution in [0.5, 0.6) is 0 Å². The first-order chi connectivity index (χ1) is 20.9. The van der Waals surface area contributed by atoms with E-state index in [-0.39, 0.29) is 11.5 Å². The van der Waals surface area contributed by atoms with Crippen molar-refractivity contribution in [3.63, 3.8) is 0 Å². The van der Waals surface area contributed by atoms with Gasteiger partial charge in [0, 0.05) is 0 Å². The minimum atomic E-state index is -0.515. The largest absolute Gasteiger partial charge is 0.460 e. The predicted octanol–water partition coefficient (Wildman–Crippen LogP) is 12.3. The monoisotopic (exact) mass is 605 g/mol. The molecule has 0 fully saturated rings. The molecule has 250 valence electrons. The highest BCUT2D eigenvalue weighted by Crippen LogP contribution is 2.16. The zero-order valence-corrected chi connectivity index (χ0v) is 28.7. The highest BCUT2D eigenvalue weighted by Gasteiger charge is 2.17. The fourth-order valence-electron chi connectivity index (χ4n) is 5.52. The van der Waals surface area contributed by atoms with Gasteiger partial charge in [0.1, 0.15) is 0 Å². The first-order valence-corrected chi connectivity index (χ1v) is 18.3. The Morgan fingerprint density at radius 1 is 0.465 bits per heavy atom. The SMILES string of the molecule is CC(C)CCCCCCCCCCCCCOC(=O)c1ccc(C(=O)OCCCCCCCCCCCCCC(C)C)o1. The molecule has 0 radical (unpaired) electrons. The van der Waals surface area contributed by atoms with Crippen molar-refractivity contribution >= 4 is 11.9 Å². The van der Waals surface area contributed by atoms with Gasteiger partial charge in [0.05, 0.1) is 13.2 Å². The average Bonchev–Trinajstić information content (AvgIpc) is 3.48. The number of hydrogen-bond acceptors (Lipinski definition) is 5. The van der Waals surface area contributed by atoms with E-state index in [1.54, 1.807) is 0 Å². The second kappa shape index (κ2) is 27.7. The molecule has 1 rings (SSSR count). The Bertz CT molecular complexity index is 719. The number of carbonyl (C=O) groups excluding carboxylic acids is 2. The van der Waals surface area contributed by atoms with E-state index >= 15 is 0 Å². The summed E-state index contributed by atoms with van der Waals surface area (Å²) in [5.74, 6) is 0.770. The number of esters is 2. The maximum Gasteiger partial charge on any atom is 0.374 e. The van der Waals surface area contributed by atoms with Crippen LogP contribution in [0.3, 0.4) is 0 Å². The number of carbonyl (C=O) groups is 2. The normalized spacial score (nSPS) is 11.5. The van der Waals surface area contributed by atoms with Crippen LogP contribution in [0, 0.1) is 11.8 Å². The molecule has 0 aromatic carbocycles. The molecule has 1 aromatic heterocycles. The molecule has 0 aliphatic rings. The van der Waals surface area contributed by atoms with Crippen molar-refractivity contribution in [3.05, 3.63) is 23.7 Å². The lowest BCUT2D eigenvalue weighted by molar-refractivity contribution is 0.0426. The van der Waals surface area contributed by atoms with Gasteiger partial charge in [-0.1, -0.05) is 169 Å². The van der Waals surface area contributed by atoms with Gasteiger partial charge in [0.15, 0.2) is 0 Å². The van der Waals surface area contributed by atoms with Crippen molar-refractivity contribution in [2.75, 3.05) is 13.2 Å². The lowest BCUT2D eigenvalue weighted by atomic mass is 10.0. The Morgan fingerprint density at radius 2 is 0.721 bits per heavy atom. The highest BCUT2D eigenvalue weighted by atomic mass is 16.6. The summed E-state index contributed by atoms with van der Waals surface area (Å²) in [4.78, 5) is 24.5. The van der Waals surface area contributed by atoms with Crippen molar-refractivity contribution in [1.29, 1.82) is 0 Å². The number of rotatable bonds is 30. The van der Waals surface area contributed by atoms with Gasteiger partial charge < -0.3 is 13.9 Å². The standard InChI is InChI=1S/C38H68O5/c1-33(2)27-23-19-15-11-7-5-9-13-17-21-25-31-41-37(39)35-29-30-36(43-35)38(40)42-32-26-22-18-14-10-6-8-12-16-20-24-28-34(3)4/h29-30,33-34H,5-28,31-32H2,1-4H3. The molecule has 0 N–H and O–H groups in total. The molecule has 5 heteroatoms. The van der Waals surface area contributed by atoms with Crippen molar-refractivity contribution in [1.82, 2.24) is 0 Å². The lowest BCUT2D eigenvalue weighted by Crippen LogP contribution is -2.07. The summed E-state index contributed by atoms with van der Waals surface area (Å²) in [6.45, 7) is 9.99. The third kappa shape index (κ3) is 24.3. The Labute approximate surface area is 265 Å². The van der Waals surface area contributed by atoms with Crippen LogP contribution in [-0.2, 0) is 9.47 Å². The van der Waals surface area contributed by atoms with Gasteiger partial charge in [-0.3, -0.25) is 0 Å². The molecule has 0 atom stereocenters. The number of hydrogen-bond donors (Lipinski definition) is 0.